The second kappa shape index (κ2) is 26.3. The third-order valence-corrected chi connectivity index (χ3v) is 18.4. The average molecular weight is 1130 g/mol. The summed E-state index contributed by atoms with van der Waals surface area (Å²) in [6, 6.07) is 12.7. The molecule has 3 saturated heterocycles. The third kappa shape index (κ3) is 13.3. The van der Waals surface area contributed by atoms with Crippen molar-refractivity contribution in [2.24, 2.45) is 16.8 Å². The Labute approximate surface area is 478 Å². The molecule has 430 valence electrons. The largest absolute Gasteiger partial charge is 0.382 e. The van der Waals surface area contributed by atoms with Gasteiger partial charge in [-0.15, -0.1) is 16.9 Å². The van der Waals surface area contributed by atoms with Crippen LogP contribution in [0.5, 0.6) is 0 Å². The van der Waals surface area contributed by atoms with E-state index in [2.05, 4.69) is 24.9 Å². The lowest BCUT2D eigenvalue weighted by molar-refractivity contribution is -0.141. The van der Waals surface area contributed by atoms with Crippen molar-refractivity contribution in [2.75, 3.05) is 82.6 Å². The van der Waals surface area contributed by atoms with Gasteiger partial charge in [0.05, 0.1) is 68.4 Å². The first-order chi connectivity index (χ1) is 39.3. The summed E-state index contributed by atoms with van der Waals surface area (Å²) in [5.41, 5.74) is 11.8. The number of ketones is 3. The van der Waals surface area contributed by atoms with Crippen LogP contribution < -0.4 is 16.0 Å². The van der Waals surface area contributed by atoms with Gasteiger partial charge < -0.3 is 45.0 Å². The number of pyridine rings is 1. The van der Waals surface area contributed by atoms with E-state index in [1.165, 1.54) is 12.1 Å². The molecule has 2 amide bonds. The summed E-state index contributed by atoms with van der Waals surface area (Å²) >= 11 is 1.58. The summed E-state index contributed by atoms with van der Waals surface area (Å²) < 4.78 is 28.3. The predicted octanol–water partition coefficient (Wildman–Crippen LogP) is 8.04. The molecule has 3 N–H and O–H groups in total. The maximum atomic E-state index is 14.9. The van der Waals surface area contributed by atoms with Crippen molar-refractivity contribution in [1.29, 1.82) is 0 Å². The molecule has 2 bridgehead atoms. The first-order valence-electron chi connectivity index (χ1n) is 29.1. The van der Waals surface area contributed by atoms with Gasteiger partial charge in [-0.05, 0) is 133 Å². The first kappa shape index (κ1) is 57.8. The fourth-order valence-corrected chi connectivity index (χ4v) is 13.6. The average Bonchev–Trinajstić information content (AvgIpc) is 4.04. The molecule has 1 saturated carbocycles. The number of Topliss-reactive ketones (excluding diaryl/α,β-unsaturated/α-hetero) is 3. The van der Waals surface area contributed by atoms with Crippen LogP contribution in [0, 0.1) is 31.1 Å². The van der Waals surface area contributed by atoms with Gasteiger partial charge in [-0.2, -0.15) is 4.68 Å². The fraction of sp³-hybridized carbons (Fsp3) is 0.557. The summed E-state index contributed by atoms with van der Waals surface area (Å²) in [4.78, 5) is 90.7. The number of amides is 2. The molecule has 5 aliphatic heterocycles. The smallest absolute Gasteiger partial charge is 0.260 e. The van der Waals surface area contributed by atoms with Crippen LogP contribution in [0.15, 0.2) is 59.7 Å². The molecule has 4 fully saturated rings. The molecule has 18 nitrogen and oxygen atoms in total. The number of likely N-dealkylation sites (N-methyl/N-ethyl adjacent to an activating group) is 1. The van der Waals surface area contributed by atoms with Crippen molar-refractivity contribution in [3.8, 4) is 11.1 Å². The lowest BCUT2D eigenvalue weighted by Gasteiger charge is -2.38. The highest BCUT2D eigenvalue weighted by atomic mass is 32.2. The summed E-state index contributed by atoms with van der Waals surface area (Å²) in [6.07, 6.45) is 9.26. The summed E-state index contributed by atoms with van der Waals surface area (Å²) in [5.74, 6) is 0.308. The number of carbonyl (C=O) groups excluding carboxylic acids is 5. The van der Waals surface area contributed by atoms with Gasteiger partial charge in [-0.25, -0.2) is 9.37 Å². The number of ether oxygens (including phenoxy) is 2. The summed E-state index contributed by atoms with van der Waals surface area (Å²) in [5, 5.41) is 8.87. The standard InChI is InChI=1S/C61H76FN11O7S/c1-38-11-13-41(14-12-38)56(76)50-37-81-59(67-50)52-10-7-23-71(52)61(78)47(34-54(75)39(2)64-3)40-19-25-69(26-20-40)27-29-80-31-30-79-28-21-45(74)8-5-24-73-58(65-4)55-42-32-53(57(63)66-35-42)70-22-6-9-51(70)48-33-43(62)15-18-46(48)60(77)72(44-16-17-44)36-49(55)68-73/h11-15,18,32-33,35,39-40,44,47,50-52,64H,5-10,16-17,19-31,34,36-37H2,1-3H3,(H2,63,66)/t39-,47-,50?,51-,52-/m1/s1. The maximum Gasteiger partial charge on any atom is 0.260 e. The van der Waals surface area contributed by atoms with Crippen LogP contribution >= 0.6 is 11.8 Å². The van der Waals surface area contributed by atoms with Crippen molar-refractivity contribution in [2.45, 2.75) is 134 Å². The second-order valence-corrected chi connectivity index (χ2v) is 23.7. The van der Waals surface area contributed by atoms with Crippen LogP contribution in [0.25, 0.3) is 16.0 Å². The number of aryl methyl sites for hydroxylation is 2. The van der Waals surface area contributed by atoms with Crippen LogP contribution in [-0.2, 0) is 36.9 Å². The lowest BCUT2D eigenvalue weighted by atomic mass is 9.79. The lowest BCUT2D eigenvalue weighted by Crippen LogP contribution is -2.48. The van der Waals surface area contributed by atoms with E-state index < -0.39 is 17.8 Å². The molecule has 81 heavy (non-hydrogen) atoms. The van der Waals surface area contributed by atoms with E-state index in [1.54, 1.807) is 35.8 Å². The van der Waals surface area contributed by atoms with E-state index in [4.69, 9.17) is 31.9 Å². The first-order valence-corrected chi connectivity index (χ1v) is 30.1. The number of nitrogens with zero attached hydrogens (tertiary/aromatic N) is 9. The number of hydrogen-bond donors (Lipinski definition) is 2. The van der Waals surface area contributed by atoms with Crippen molar-refractivity contribution >= 4 is 63.3 Å². The van der Waals surface area contributed by atoms with Crippen LogP contribution in [0.1, 0.15) is 128 Å². The molecule has 7 heterocycles. The zero-order valence-electron chi connectivity index (χ0n) is 47.0. The Morgan fingerprint density at radius 2 is 1.65 bits per heavy atom. The van der Waals surface area contributed by atoms with Crippen LogP contribution in [0.2, 0.25) is 0 Å². The maximum absolute atomic E-state index is 14.9. The number of thioether (sulfide) groups is 1. The van der Waals surface area contributed by atoms with Crippen molar-refractivity contribution in [1.82, 2.24) is 34.8 Å². The third-order valence-electron chi connectivity index (χ3n) is 17.3. The number of carbonyl (C=O) groups is 5. The monoisotopic (exact) mass is 1130 g/mol. The Bertz CT molecular complexity index is 3040. The fourth-order valence-electron chi connectivity index (χ4n) is 12.4. The van der Waals surface area contributed by atoms with E-state index in [9.17, 15) is 28.4 Å². The zero-order chi connectivity index (χ0) is 56.7. The normalized spacial score (nSPS) is 21.1. The van der Waals surface area contributed by atoms with E-state index in [-0.39, 0.29) is 91.7 Å². The molecule has 2 aromatic carbocycles. The van der Waals surface area contributed by atoms with Crippen molar-refractivity contribution in [3.05, 3.63) is 99.9 Å². The number of benzene rings is 2. The Hall–Kier alpha value is -6.37. The van der Waals surface area contributed by atoms with Gasteiger partial charge in [0, 0.05) is 79.5 Å². The molecule has 20 heteroatoms. The Morgan fingerprint density at radius 3 is 2.41 bits per heavy atom. The van der Waals surface area contributed by atoms with E-state index in [0.29, 0.717) is 109 Å². The van der Waals surface area contributed by atoms with Crippen molar-refractivity contribution in [3.63, 3.8) is 0 Å². The second-order valence-electron chi connectivity index (χ2n) is 22.7. The summed E-state index contributed by atoms with van der Waals surface area (Å²) in [7, 11) is 1.77. The van der Waals surface area contributed by atoms with Gasteiger partial charge >= 0.3 is 0 Å². The highest BCUT2D eigenvalue weighted by molar-refractivity contribution is 8.14. The quantitative estimate of drug-likeness (QED) is 0.0410. The number of anilines is 2. The minimum Gasteiger partial charge on any atom is -0.382 e. The molecular weight excluding hydrogens is 1050 g/mol. The molecule has 1 aliphatic carbocycles. The number of nitrogen functional groups attached to an aromatic ring is 1. The number of nitrogens with two attached hydrogens (primary N) is 1. The molecule has 10 rings (SSSR count). The van der Waals surface area contributed by atoms with E-state index in [0.717, 1.165) is 75.2 Å². The SMILES string of the molecule is [C-]#[N+]c1c2c(nn1CCCC(=O)CCOCCOCCN1CCC([C@@H](CC(=O)[C@@H](C)NC)C(=O)N3CCC[C@@H]3C3=NC(C(=O)c4ccc(C)cc4)CS3)CC1)CN(C1CC1)C(=O)c1ccc(F)cc1[C@H]1CCCN1c1cc-2cnc1N. The minimum atomic E-state index is -0.467. The van der Waals surface area contributed by atoms with Crippen LogP contribution in [-0.4, -0.2) is 160 Å². The predicted molar refractivity (Wildman–Crippen MR) is 310 cm³/mol. The van der Waals surface area contributed by atoms with Gasteiger partial charge in [0.25, 0.3) is 11.7 Å². The summed E-state index contributed by atoms with van der Waals surface area (Å²) in [6.45, 7) is 17.7. The van der Waals surface area contributed by atoms with Crippen LogP contribution in [0.3, 0.4) is 0 Å². The number of rotatable bonds is 23. The van der Waals surface area contributed by atoms with Crippen molar-refractivity contribution < 1.29 is 37.8 Å². The van der Waals surface area contributed by atoms with E-state index in [1.807, 2.05) is 54.0 Å². The molecular formula is C61H76FN11O7S. The van der Waals surface area contributed by atoms with E-state index >= 15 is 0 Å². The highest BCUT2D eigenvalue weighted by Gasteiger charge is 2.44. The van der Waals surface area contributed by atoms with Gasteiger partial charge in [0.1, 0.15) is 34.9 Å². The molecule has 0 spiro atoms. The number of fused-ring (bicyclic) bond motifs is 8. The molecule has 4 aromatic rings. The topological polar surface area (TPSA) is 202 Å². The number of aromatic nitrogens is 3. The Morgan fingerprint density at radius 1 is 0.901 bits per heavy atom. The van der Waals surface area contributed by atoms with Gasteiger partial charge in [0.15, 0.2) is 5.78 Å². The zero-order valence-corrected chi connectivity index (χ0v) is 47.8. The number of hydrogen-bond acceptors (Lipinski definition) is 15. The molecule has 0 radical (unpaired) electrons. The van der Waals surface area contributed by atoms with Crippen LogP contribution in [0.4, 0.5) is 21.7 Å². The minimum absolute atomic E-state index is 0.00141. The number of aliphatic imine (C=N–C) groups is 1. The van der Waals surface area contributed by atoms with Gasteiger partial charge in [-0.3, -0.25) is 29.0 Å². The number of halogens is 1. The Kier molecular flexibility index (Phi) is 18.8. The van der Waals surface area contributed by atoms with Gasteiger partial charge in [0.2, 0.25) is 5.91 Å². The highest BCUT2D eigenvalue weighted by Crippen LogP contribution is 2.45. The number of piperidine rings is 1. The van der Waals surface area contributed by atoms with Gasteiger partial charge in [-0.1, -0.05) is 36.4 Å². The number of likely N-dealkylation sites (tertiary alicyclic amines) is 2. The molecule has 5 atom stereocenters. The molecule has 6 aliphatic rings. The molecule has 1 unspecified atom stereocenters. The number of nitrogens with one attached hydrogen (secondary N) is 1. The Balaban J connectivity index is 0.671. The molecule has 2 aromatic heterocycles.